The molecule has 1 atom stereocenters. The number of carbonyl (C=O) groups excluding carboxylic acids is 1. The summed E-state index contributed by atoms with van der Waals surface area (Å²) in [6, 6.07) is -0.496. The summed E-state index contributed by atoms with van der Waals surface area (Å²) < 4.78 is 34.0. The van der Waals surface area contributed by atoms with Crippen molar-refractivity contribution in [3.8, 4) is 0 Å². The molecule has 1 amide bonds. The molecule has 1 aliphatic rings. The Balaban J connectivity index is 0.00000132. The van der Waals surface area contributed by atoms with E-state index >= 15 is 0 Å². The number of halogens is 4. The number of alkyl halides is 3. The summed E-state index contributed by atoms with van der Waals surface area (Å²) in [5, 5.41) is 7.49. The molecule has 2 rings (SSSR count). The second-order valence-corrected chi connectivity index (χ2v) is 6.52. The molecule has 1 aliphatic heterocycles. The average Bonchev–Trinajstić information content (AvgIpc) is 3.17. The fraction of sp³-hybridized carbons (Fsp3) is 0.389. The fourth-order valence-electron chi connectivity index (χ4n) is 2.64. The standard InChI is InChI=1S/C17H21ClFN5OS.CH2F2/c1-4-15-13(11-21-24(15)5-2)14(8-18)22-16(26-3)17(25)23-7-6-20-10-12(23)9-19;2-1-3/h4-5,8,11-12,20H,1-2,6-7,9-10H2,3H3;1H2/b14-8+,22-16?;. The largest absolute Gasteiger partial charge is 0.329 e. The summed E-state index contributed by atoms with van der Waals surface area (Å²) in [6.45, 7) is 6.56. The SMILES string of the molecule is C=Cc1c(/C(=C\Cl)N=C(SC)C(=O)N2CCNCC2CF)cnn1C=C.FCF. The third-order valence-electron chi connectivity index (χ3n) is 3.97. The Hall–Kier alpha value is -2.04. The van der Waals surface area contributed by atoms with Gasteiger partial charge in [0, 0.05) is 36.9 Å². The molecule has 2 heterocycles. The first-order chi connectivity index (χ1) is 14.0. The number of aliphatic imine (C=N–C) groups is 1. The molecule has 11 heteroatoms. The van der Waals surface area contributed by atoms with Crippen LogP contribution in [0.2, 0.25) is 0 Å². The average molecular weight is 450 g/mol. The summed E-state index contributed by atoms with van der Waals surface area (Å²) in [5.41, 5.74) is 2.94. The van der Waals surface area contributed by atoms with Crippen molar-refractivity contribution < 1.29 is 18.0 Å². The molecule has 0 aromatic carbocycles. The van der Waals surface area contributed by atoms with Gasteiger partial charge in [-0.15, -0.1) is 11.8 Å². The van der Waals surface area contributed by atoms with E-state index in [0.29, 0.717) is 36.6 Å². The molecule has 160 valence electrons. The molecule has 0 radical (unpaired) electrons. The molecule has 0 saturated carbocycles. The van der Waals surface area contributed by atoms with Crippen LogP contribution in [0, 0.1) is 0 Å². The lowest BCUT2D eigenvalue weighted by Gasteiger charge is -2.34. The molecule has 0 bridgehead atoms. The Morgan fingerprint density at radius 3 is 2.69 bits per heavy atom. The molecule has 1 aromatic rings. The smallest absolute Gasteiger partial charge is 0.279 e. The first-order valence-corrected chi connectivity index (χ1v) is 10.1. The van der Waals surface area contributed by atoms with Gasteiger partial charge in [-0.1, -0.05) is 24.8 Å². The molecule has 29 heavy (non-hydrogen) atoms. The highest BCUT2D eigenvalue weighted by molar-refractivity contribution is 8.15. The van der Waals surface area contributed by atoms with Crippen molar-refractivity contribution in [3.05, 3.63) is 36.1 Å². The molecular formula is C18H23ClF3N5OS. The van der Waals surface area contributed by atoms with Crippen molar-refractivity contribution in [2.24, 2.45) is 4.99 Å². The number of rotatable bonds is 5. The van der Waals surface area contributed by atoms with Crippen molar-refractivity contribution >= 4 is 52.3 Å². The molecule has 1 aromatic heterocycles. The third-order valence-corrected chi connectivity index (χ3v) is 4.83. The van der Waals surface area contributed by atoms with Crippen LogP contribution >= 0.6 is 23.4 Å². The Morgan fingerprint density at radius 1 is 1.48 bits per heavy atom. The normalized spacial score (nSPS) is 17.4. The molecule has 0 spiro atoms. The van der Waals surface area contributed by atoms with Crippen LogP contribution in [0.3, 0.4) is 0 Å². The van der Waals surface area contributed by atoms with Crippen LogP contribution in [-0.2, 0) is 4.79 Å². The number of hydrogen-bond acceptors (Lipinski definition) is 5. The Morgan fingerprint density at radius 2 is 2.17 bits per heavy atom. The van der Waals surface area contributed by atoms with Crippen LogP contribution in [0.1, 0.15) is 11.3 Å². The summed E-state index contributed by atoms with van der Waals surface area (Å²) in [5.74, 6) is -0.311. The number of nitrogens with zero attached hydrogens (tertiary/aromatic N) is 4. The van der Waals surface area contributed by atoms with Crippen LogP contribution in [0.5, 0.6) is 0 Å². The topological polar surface area (TPSA) is 62.5 Å². The molecular weight excluding hydrogens is 427 g/mol. The van der Waals surface area contributed by atoms with Crippen molar-refractivity contribution in [2.45, 2.75) is 6.04 Å². The van der Waals surface area contributed by atoms with Crippen molar-refractivity contribution in [1.29, 1.82) is 0 Å². The minimum atomic E-state index is -1.75. The van der Waals surface area contributed by atoms with Gasteiger partial charge in [-0.25, -0.2) is 22.8 Å². The first kappa shape index (κ1) is 25.0. The molecule has 1 N–H and O–H groups in total. The molecule has 1 unspecified atom stereocenters. The quantitative estimate of drug-likeness (QED) is 0.551. The van der Waals surface area contributed by atoms with Gasteiger partial charge >= 0.3 is 0 Å². The minimum Gasteiger partial charge on any atom is -0.329 e. The third kappa shape index (κ3) is 6.48. The van der Waals surface area contributed by atoms with E-state index in [1.807, 2.05) is 0 Å². The van der Waals surface area contributed by atoms with Gasteiger partial charge in [0.1, 0.15) is 6.67 Å². The summed E-state index contributed by atoms with van der Waals surface area (Å²) in [7, 11) is 0. The van der Waals surface area contributed by atoms with E-state index in [1.54, 1.807) is 18.5 Å². The zero-order chi connectivity index (χ0) is 21.8. The lowest BCUT2D eigenvalue weighted by molar-refractivity contribution is -0.127. The minimum absolute atomic E-state index is 0.235. The van der Waals surface area contributed by atoms with Crippen LogP contribution in [0.4, 0.5) is 13.2 Å². The van der Waals surface area contributed by atoms with Gasteiger partial charge in [-0.05, 0) is 12.3 Å². The Bertz CT molecular complexity index is 769. The number of piperazine rings is 1. The van der Waals surface area contributed by atoms with E-state index in [-0.39, 0.29) is 11.0 Å². The van der Waals surface area contributed by atoms with Crippen molar-refractivity contribution in [2.75, 3.05) is 39.5 Å². The highest BCUT2D eigenvalue weighted by atomic mass is 35.5. The van der Waals surface area contributed by atoms with Crippen LogP contribution in [0.15, 0.2) is 29.9 Å². The van der Waals surface area contributed by atoms with E-state index in [1.165, 1.54) is 33.1 Å². The zero-order valence-electron chi connectivity index (χ0n) is 16.0. The second-order valence-electron chi connectivity index (χ2n) is 5.50. The number of hydrogen-bond donors (Lipinski definition) is 1. The van der Waals surface area contributed by atoms with Gasteiger partial charge in [-0.3, -0.25) is 4.79 Å². The fourth-order valence-corrected chi connectivity index (χ4v) is 3.29. The van der Waals surface area contributed by atoms with E-state index in [4.69, 9.17) is 11.6 Å². The zero-order valence-corrected chi connectivity index (χ0v) is 17.5. The summed E-state index contributed by atoms with van der Waals surface area (Å²) in [4.78, 5) is 18.8. The molecule has 6 nitrogen and oxygen atoms in total. The van der Waals surface area contributed by atoms with Gasteiger partial charge in [0.25, 0.3) is 5.91 Å². The Kier molecular flexibility index (Phi) is 11.4. The number of aromatic nitrogens is 2. The van der Waals surface area contributed by atoms with Gasteiger partial charge < -0.3 is 10.2 Å². The van der Waals surface area contributed by atoms with E-state index in [0.717, 1.165) is 0 Å². The first-order valence-electron chi connectivity index (χ1n) is 8.48. The van der Waals surface area contributed by atoms with E-state index < -0.39 is 19.6 Å². The summed E-state index contributed by atoms with van der Waals surface area (Å²) >= 11 is 7.15. The predicted octanol–water partition coefficient (Wildman–Crippen LogP) is 3.58. The van der Waals surface area contributed by atoms with Crippen molar-refractivity contribution in [3.63, 3.8) is 0 Å². The van der Waals surface area contributed by atoms with Gasteiger partial charge in [0.15, 0.2) is 5.04 Å². The van der Waals surface area contributed by atoms with Crippen LogP contribution in [-0.4, -0.2) is 71.2 Å². The maximum absolute atomic E-state index is 13.2. The highest BCUT2D eigenvalue weighted by Crippen LogP contribution is 2.24. The van der Waals surface area contributed by atoms with E-state index in [9.17, 15) is 18.0 Å². The number of nitrogens with one attached hydrogen (secondary N) is 1. The lowest BCUT2D eigenvalue weighted by atomic mass is 10.2. The number of carbonyl (C=O) groups is 1. The molecule has 1 fully saturated rings. The van der Waals surface area contributed by atoms with Crippen LogP contribution in [0.25, 0.3) is 18.0 Å². The van der Waals surface area contributed by atoms with Gasteiger partial charge in [-0.2, -0.15) is 5.10 Å². The van der Waals surface area contributed by atoms with Crippen LogP contribution < -0.4 is 5.32 Å². The monoisotopic (exact) mass is 449 g/mol. The Labute approximate surface area is 177 Å². The maximum Gasteiger partial charge on any atom is 0.279 e. The summed E-state index contributed by atoms with van der Waals surface area (Å²) in [6.07, 6.45) is 6.46. The number of thioether (sulfide) groups is 1. The highest BCUT2D eigenvalue weighted by Gasteiger charge is 2.29. The second kappa shape index (κ2) is 13.2. The molecule has 1 saturated heterocycles. The maximum atomic E-state index is 13.2. The predicted molar refractivity (Wildman–Crippen MR) is 115 cm³/mol. The lowest BCUT2D eigenvalue weighted by Crippen LogP contribution is -2.56. The number of amides is 1. The van der Waals surface area contributed by atoms with Crippen molar-refractivity contribution in [1.82, 2.24) is 20.0 Å². The van der Waals surface area contributed by atoms with Gasteiger partial charge in [0.05, 0.1) is 23.6 Å². The van der Waals surface area contributed by atoms with Gasteiger partial charge in [0.2, 0.25) is 6.93 Å². The molecule has 0 aliphatic carbocycles. The van der Waals surface area contributed by atoms with E-state index in [2.05, 4.69) is 28.6 Å².